The third-order valence-corrected chi connectivity index (χ3v) is 8.06. The summed E-state index contributed by atoms with van der Waals surface area (Å²) in [6.45, 7) is 1.25. The zero-order valence-electron chi connectivity index (χ0n) is 12.9. The molecule has 1 aliphatic rings. The summed E-state index contributed by atoms with van der Waals surface area (Å²) in [5.74, 6) is 0. The highest BCUT2D eigenvalue weighted by atomic mass is 32.2. The zero-order valence-corrected chi connectivity index (χ0v) is 15.3. The van der Waals surface area contributed by atoms with E-state index in [2.05, 4.69) is 4.72 Å². The SMILES string of the molecule is O=S(=O)(NCc1cccs1)c1ccc(S(=O)(=O)N2CCCC2)cc1. The number of nitrogens with zero attached hydrogens (tertiary/aromatic N) is 1. The highest BCUT2D eigenvalue weighted by molar-refractivity contribution is 7.89. The van der Waals surface area contributed by atoms with Gasteiger partial charge >= 0.3 is 0 Å². The number of sulfonamides is 2. The standard InChI is InChI=1S/C15H18N2O4S3/c18-23(19,16-12-13-4-3-11-22-13)14-5-7-15(8-6-14)24(20,21)17-9-1-2-10-17/h3-8,11,16H,1-2,9-10,12H2. The van der Waals surface area contributed by atoms with E-state index in [-0.39, 0.29) is 16.3 Å². The lowest BCUT2D eigenvalue weighted by molar-refractivity contribution is 0.477. The quantitative estimate of drug-likeness (QED) is 0.823. The minimum Gasteiger partial charge on any atom is -0.207 e. The molecular formula is C15H18N2O4S3. The molecule has 2 aromatic rings. The number of hydrogen-bond acceptors (Lipinski definition) is 5. The second kappa shape index (κ2) is 6.93. The van der Waals surface area contributed by atoms with Crippen molar-refractivity contribution in [3.8, 4) is 0 Å². The van der Waals surface area contributed by atoms with Crippen LogP contribution in [0.3, 0.4) is 0 Å². The number of nitrogens with one attached hydrogen (secondary N) is 1. The molecule has 0 amide bonds. The Bertz CT molecular complexity index is 883. The van der Waals surface area contributed by atoms with Gasteiger partial charge in [0.25, 0.3) is 0 Å². The predicted molar refractivity (Wildman–Crippen MR) is 92.8 cm³/mol. The first-order valence-corrected chi connectivity index (χ1v) is 11.3. The first-order chi connectivity index (χ1) is 11.4. The highest BCUT2D eigenvalue weighted by Crippen LogP contribution is 2.22. The minimum absolute atomic E-state index is 0.0550. The number of benzene rings is 1. The summed E-state index contributed by atoms with van der Waals surface area (Å²) in [6.07, 6.45) is 1.72. The molecule has 0 unspecified atom stereocenters. The molecule has 1 aliphatic heterocycles. The number of hydrogen-bond donors (Lipinski definition) is 1. The minimum atomic E-state index is -3.67. The first kappa shape index (κ1) is 17.6. The van der Waals surface area contributed by atoms with Crippen molar-refractivity contribution in [3.05, 3.63) is 46.7 Å². The van der Waals surface area contributed by atoms with Crippen molar-refractivity contribution in [2.75, 3.05) is 13.1 Å². The Hall–Kier alpha value is -1.26. The van der Waals surface area contributed by atoms with Crippen molar-refractivity contribution in [2.24, 2.45) is 0 Å². The topological polar surface area (TPSA) is 83.5 Å². The summed E-state index contributed by atoms with van der Waals surface area (Å²) in [5.41, 5.74) is 0. The normalized spacial score (nSPS) is 16.5. The van der Waals surface area contributed by atoms with E-state index >= 15 is 0 Å². The van der Waals surface area contributed by atoms with Gasteiger partial charge in [-0.15, -0.1) is 11.3 Å². The van der Waals surface area contributed by atoms with Crippen LogP contribution in [-0.4, -0.2) is 34.2 Å². The second-order valence-electron chi connectivity index (χ2n) is 5.49. The van der Waals surface area contributed by atoms with Crippen molar-refractivity contribution in [2.45, 2.75) is 29.2 Å². The summed E-state index contributed by atoms with van der Waals surface area (Å²) in [4.78, 5) is 1.09. The predicted octanol–water partition coefficient (Wildman–Crippen LogP) is 2.01. The third kappa shape index (κ3) is 3.70. The van der Waals surface area contributed by atoms with Crippen molar-refractivity contribution in [1.82, 2.24) is 9.03 Å². The average Bonchev–Trinajstić information content (AvgIpc) is 3.27. The fourth-order valence-corrected chi connectivity index (χ4v) is 5.79. The van der Waals surface area contributed by atoms with Crippen LogP contribution in [0.1, 0.15) is 17.7 Å². The average molecular weight is 387 g/mol. The lowest BCUT2D eigenvalue weighted by Crippen LogP contribution is -2.28. The van der Waals surface area contributed by atoms with Crippen LogP contribution in [0.25, 0.3) is 0 Å². The van der Waals surface area contributed by atoms with Gasteiger partial charge in [0, 0.05) is 24.5 Å². The van der Waals surface area contributed by atoms with E-state index in [4.69, 9.17) is 0 Å². The van der Waals surface area contributed by atoms with E-state index in [0.717, 1.165) is 17.7 Å². The van der Waals surface area contributed by atoms with Crippen molar-refractivity contribution in [3.63, 3.8) is 0 Å². The summed E-state index contributed by atoms with van der Waals surface area (Å²) < 4.78 is 53.4. The van der Waals surface area contributed by atoms with Gasteiger partial charge in [0.05, 0.1) is 9.79 Å². The van der Waals surface area contributed by atoms with Gasteiger partial charge < -0.3 is 0 Å². The molecule has 1 aromatic carbocycles. The molecule has 130 valence electrons. The van der Waals surface area contributed by atoms with Gasteiger partial charge in [0.1, 0.15) is 0 Å². The van der Waals surface area contributed by atoms with Gasteiger partial charge in [-0.05, 0) is 48.6 Å². The smallest absolute Gasteiger partial charge is 0.207 e. The Kier molecular flexibility index (Phi) is 5.07. The first-order valence-electron chi connectivity index (χ1n) is 7.52. The fourth-order valence-electron chi connectivity index (χ4n) is 2.53. The molecule has 1 saturated heterocycles. The third-order valence-electron chi connectivity index (χ3n) is 3.85. The summed E-state index contributed by atoms with van der Waals surface area (Å²) in [7, 11) is -7.20. The molecule has 2 heterocycles. The maximum absolute atomic E-state index is 12.4. The molecule has 0 aliphatic carbocycles. The Morgan fingerprint density at radius 1 is 0.958 bits per heavy atom. The molecule has 0 radical (unpaired) electrons. The van der Waals surface area contributed by atoms with Gasteiger partial charge in [-0.25, -0.2) is 21.6 Å². The molecule has 3 rings (SSSR count). The molecule has 0 bridgehead atoms. The van der Waals surface area contributed by atoms with Gasteiger partial charge in [0.15, 0.2) is 0 Å². The Morgan fingerprint density at radius 3 is 2.17 bits per heavy atom. The highest BCUT2D eigenvalue weighted by Gasteiger charge is 2.27. The van der Waals surface area contributed by atoms with Gasteiger partial charge in [-0.2, -0.15) is 4.31 Å². The lowest BCUT2D eigenvalue weighted by Gasteiger charge is -2.15. The molecule has 0 saturated carbocycles. The zero-order chi connectivity index (χ0) is 17.2. The van der Waals surface area contributed by atoms with Crippen LogP contribution < -0.4 is 4.72 Å². The molecule has 1 N–H and O–H groups in total. The maximum Gasteiger partial charge on any atom is 0.243 e. The van der Waals surface area contributed by atoms with E-state index < -0.39 is 20.0 Å². The van der Waals surface area contributed by atoms with Crippen LogP contribution in [-0.2, 0) is 26.6 Å². The van der Waals surface area contributed by atoms with Crippen LogP contribution in [0.4, 0.5) is 0 Å². The maximum atomic E-state index is 12.4. The summed E-state index contributed by atoms with van der Waals surface area (Å²) in [6, 6.07) is 9.07. The van der Waals surface area contributed by atoms with Crippen molar-refractivity contribution in [1.29, 1.82) is 0 Å². The van der Waals surface area contributed by atoms with E-state index in [1.807, 2.05) is 17.5 Å². The van der Waals surface area contributed by atoms with E-state index in [1.54, 1.807) is 0 Å². The molecule has 9 heteroatoms. The number of thiophene rings is 1. The van der Waals surface area contributed by atoms with Gasteiger partial charge in [0.2, 0.25) is 20.0 Å². The molecule has 1 aromatic heterocycles. The largest absolute Gasteiger partial charge is 0.243 e. The Balaban J connectivity index is 1.76. The van der Waals surface area contributed by atoms with Gasteiger partial charge in [-0.1, -0.05) is 6.07 Å². The molecular weight excluding hydrogens is 368 g/mol. The molecule has 1 fully saturated rings. The van der Waals surface area contributed by atoms with E-state index in [1.165, 1.54) is 39.9 Å². The molecule has 0 atom stereocenters. The monoisotopic (exact) mass is 386 g/mol. The number of rotatable bonds is 6. The van der Waals surface area contributed by atoms with Crippen molar-refractivity contribution >= 4 is 31.4 Å². The lowest BCUT2D eigenvalue weighted by atomic mass is 10.4. The molecule has 24 heavy (non-hydrogen) atoms. The van der Waals surface area contributed by atoms with Crippen molar-refractivity contribution < 1.29 is 16.8 Å². The molecule has 0 spiro atoms. The van der Waals surface area contributed by atoms with Crippen LogP contribution in [0.5, 0.6) is 0 Å². The van der Waals surface area contributed by atoms with Crippen LogP contribution in [0.2, 0.25) is 0 Å². The van der Waals surface area contributed by atoms with E-state index in [9.17, 15) is 16.8 Å². The Morgan fingerprint density at radius 2 is 1.58 bits per heavy atom. The second-order valence-corrected chi connectivity index (χ2v) is 10.2. The van der Waals surface area contributed by atoms with Crippen LogP contribution in [0.15, 0.2) is 51.6 Å². The fraction of sp³-hybridized carbons (Fsp3) is 0.333. The van der Waals surface area contributed by atoms with Crippen LogP contribution in [0, 0.1) is 0 Å². The Labute approximate surface area is 146 Å². The van der Waals surface area contributed by atoms with Crippen LogP contribution >= 0.6 is 11.3 Å². The molecule has 6 nitrogen and oxygen atoms in total. The van der Waals surface area contributed by atoms with Gasteiger partial charge in [-0.3, -0.25) is 0 Å². The summed E-state index contributed by atoms with van der Waals surface area (Å²) >= 11 is 1.47. The summed E-state index contributed by atoms with van der Waals surface area (Å²) in [5, 5.41) is 1.88. The van der Waals surface area contributed by atoms with E-state index in [0.29, 0.717) is 13.1 Å².